The number of aliphatic hydroxyl groups excluding tert-OH is 1. The summed E-state index contributed by atoms with van der Waals surface area (Å²) in [6.45, 7) is 1.78. The minimum absolute atomic E-state index is 0.0574. The van der Waals surface area contributed by atoms with E-state index in [9.17, 15) is 18.7 Å². The van der Waals surface area contributed by atoms with Crippen molar-refractivity contribution in [2.75, 3.05) is 6.54 Å². The quantitative estimate of drug-likeness (QED) is 0.654. The highest BCUT2D eigenvalue weighted by molar-refractivity contribution is 5.94. The fraction of sp³-hybridized carbons (Fsp3) is 0.200. The first kappa shape index (κ1) is 19.5. The van der Waals surface area contributed by atoms with Crippen molar-refractivity contribution in [3.8, 4) is 11.4 Å². The number of aliphatic hydroxyl groups is 1. The van der Waals surface area contributed by atoms with Crippen molar-refractivity contribution in [2.45, 2.75) is 19.6 Å². The number of halogens is 2. The Morgan fingerprint density at radius 2 is 1.93 bits per heavy atom. The van der Waals surface area contributed by atoms with E-state index in [2.05, 4.69) is 10.4 Å². The Bertz CT molecular complexity index is 953. The van der Waals surface area contributed by atoms with Crippen molar-refractivity contribution < 1.29 is 23.4 Å². The highest BCUT2D eigenvalue weighted by Crippen LogP contribution is 2.18. The molecule has 1 atom stereocenters. The van der Waals surface area contributed by atoms with Gasteiger partial charge in [-0.05, 0) is 43.3 Å². The number of hydrogen-bond acceptors (Lipinski definition) is 4. The minimum Gasteiger partial charge on any atom is -0.487 e. The predicted molar refractivity (Wildman–Crippen MR) is 98.3 cm³/mol. The zero-order valence-electron chi connectivity index (χ0n) is 15.1. The van der Waals surface area contributed by atoms with E-state index in [1.807, 2.05) is 0 Å². The number of nitrogens with zero attached hydrogens (tertiary/aromatic N) is 2. The van der Waals surface area contributed by atoms with Gasteiger partial charge in [-0.15, -0.1) is 0 Å². The molecule has 0 radical (unpaired) electrons. The number of amides is 1. The van der Waals surface area contributed by atoms with Crippen LogP contribution in [0.3, 0.4) is 0 Å². The van der Waals surface area contributed by atoms with Gasteiger partial charge in [0.25, 0.3) is 5.91 Å². The first-order valence-electron chi connectivity index (χ1n) is 8.62. The average Bonchev–Trinajstić information content (AvgIpc) is 3.13. The lowest BCUT2D eigenvalue weighted by Gasteiger charge is -2.09. The van der Waals surface area contributed by atoms with Gasteiger partial charge in [0.15, 0.2) is 11.6 Å². The van der Waals surface area contributed by atoms with Gasteiger partial charge in [-0.2, -0.15) is 5.10 Å². The van der Waals surface area contributed by atoms with Crippen molar-refractivity contribution in [3.63, 3.8) is 0 Å². The van der Waals surface area contributed by atoms with Gasteiger partial charge < -0.3 is 15.2 Å². The van der Waals surface area contributed by atoms with Crippen LogP contribution in [0.25, 0.3) is 5.69 Å². The van der Waals surface area contributed by atoms with Crippen molar-refractivity contribution in [3.05, 3.63) is 77.6 Å². The second-order valence-electron chi connectivity index (χ2n) is 6.20. The third-order valence-electron chi connectivity index (χ3n) is 3.85. The topological polar surface area (TPSA) is 76.4 Å². The Morgan fingerprint density at radius 3 is 2.64 bits per heavy atom. The molecule has 8 heteroatoms. The van der Waals surface area contributed by atoms with E-state index in [1.54, 1.807) is 37.3 Å². The number of carbonyl (C=O) groups is 1. The largest absolute Gasteiger partial charge is 0.487 e. The Balaban J connectivity index is 1.66. The third kappa shape index (κ3) is 4.72. The number of ether oxygens (including phenoxy) is 1. The SMILES string of the molecule is C[C@@H](O)CNC(=O)c1cccc(OCc2ccn(-c3c(F)cccc3F)n2)c1. The predicted octanol–water partition coefficient (Wildman–Crippen LogP) is 2.84. The highest BCUT2D eigenvalue weighted by Gasteiger charge is 2.12. The maximum absolute atomic E-state index is 13.8. The summed E-state index contributed by atoms with van der Waals surface area (Å²) in [7, 11) is 0. The van der Waals surface area contributed by atoms with Crippen molar-refractivity contribution in [1.82, 2.24) is 15.1 Å². The summed E-state index contributed by atoms with van der Waals surface area (Å²) in [6.07, 6.45) is 0.804. The van der Waals surface area contributed by atoms with E-state index >= 15 is 0 Å². The van der Waals surface area contributed by atoms with E-state index in [-0.39, 0.29) is 24.7 Å². The molecular formula is C20H19F2N3O3. The van der Waals surface area contributed by atoms with Crippen LogP contribution in [0.5, 0.6) is 5.75 Å². The third-order valence-corrected chi connectivity index (χ3v) is 3.85. The lowest BCUT2D eigenvalue weighted by atomic mass is 10.2. The lowest BCUT2D eigenvalue weighted by molar-refractivity contribution is 0.0923. The molecular weight excluding hydrogens is 368 g/mol. The van der Waals surface area contributed by atoms with Crippen LogP contribution in [-0.2, 0) is 6.61 Å². The molecule has 2 N–H and O–H groups in total. The second-order valence-corrected chi connectivity index (χ2v) is 6.20. The molecule has 28 heavy (non-hydrogen) atoms. The molecule has 0 fully saturated rings. The molecule has 0 bridgehead atoms. The van der Waals surface area contributed by atoms with Gasteiger partial charge in [0.2, 0.25) is 0 Å². The van der Waals surface area contributed by atoms with Gasteiger partial charge in [0.1, 0.15) is 23.7 Å². The Labute approximate surface area is 160 Å². The summed E-state index contributed by atoms with van der Waals surface area (Å²) in [5.41, 5.74) is 0.592. The van der Waals surface area contributed by atoms with Crippen LogP contribution in [0.15, 0.2) is 54.7 Å². The van der Waals surface area contributed by atoms with Crippen molar-refractivity contribution in [2.24, 2.45) is 0 Å². The van der Waals surface area contributed by atoms with Gasteiger partial charge >= 0.3 is 0 Å². The molecule has 1 aromatic heterocycles. The molecule has 0 aliphatic carbocycles. The van der Waals surface area contributed by atoms with Gasteiger partial charge in [-0.25, -0.2) is 13.5 Å². The zero-order chi connectivity index (χ0) is 20.1. The molecule has 1 amide bonds. The zero-order valence-corrected chi connectivity index (χ0v) is 15.1. The first-order valence-corrected chi connectivity index (χ1v) is 8.62. The van der Waals surface area contributed by atoms with Crippen LogP contribution in [0.1, 0.15) is 23.0 Å². The molecule has 0 unspecified atom stereocenters. The number of rotatable bonds is 7. The molecule has 2 aromatic carbocycles. The van der Waals surface area contributed by atoms with Crippen LogP contribution in [0, 0.1) is 11.6 Å². The fourth-order valence-electron chi connectivity index (χ4n) is 2.50. The average molecular weight is 387 g/mol. The molecule has 6 nitrogen and oxygen atoms in total. The van der Waals surface area contributed by atoms with E-state index in [1.165, 1.54) is 12.3 Å². The van der Waals surface area contributed by atoms with Crippen LogP contribution in [0.4, 0.5) is 8.78 Å². The number of para-hydroxylation sites is 1. The molecule has 3 rings (SSSR count). The van der Waals surface area contributed by atoms with Gasteiger partial charge in [-0.3, -0.25) is 4.79 Å². The highest BCUT2D eigenvalue weighted by atomic mass is 19.1. The first-order chi connectivity index (χ1) is 13.4. The second kappa shape index (κ2) is 8.62. The van der Waals surface area contributed by atoms with Gasteiger partial charge in [-0.1, -0.05) is 12.1 Å². The number of aromatic nitrogens is 2. The summed E-state index contributed by atoms with van der Waals surface area (Å²) in [5.74, 6) is -1.32. The molecule has 0 saturated carbocycles. The Hall–Kier alpha value is -3.26. The molecule has 0 aliphatic rings. The van der Waals surface area contributed by atoms with E-state index in [0.29, 0.717) is 17.0 Å². The maximum atomic E-state index is 13.8. The van der Waals surface area contributed by atoms with Crippen LogP contribution < -0.4 is 10.1 Å². The summed E-state index contributed by atoms with van der Waals surface area (Å²) >= 11 is 0. The van der Waals surface area contributed by atoms with E-state index in [0.717, 1.165) is 16.8 Å². The lowest BCUT2D eigenvalue weighted by Crippen LogP contribution is -2.30. The molecule has 0 saturated heterocycles. The standard InChI is InChI=1S/C20H19F2N3O3/c1-13(26)11-23-20(27)14-4-2-5-16(10-14)28-12-15-8-9-25(24-15)19-17(21)6-3-7-18(19)22/h2-10,13,26H,11-12H2,1H3,(H,23,27)/t13-/m1/s1. The Kier molecular flexibility index (Phi) is 6.00. The van der Waals surface area contributed by atoms with Crippen molar-refractivity contribution in [1.29, 1.82) is 0 Å². The number of benzene rings is 2. The normalized spacial score (nSPS) is 11.9. The van der Waals surface area contributed by atoms with E-state index < -0.39 is 17.7 Å². The number of nitrogens with one attached hydrogen (secondary N) is 1. The molecule has 0 aliphatic heterocycles. The van der Waals surface area contributed by atoms with Crippen LogP contribution in [0.2, 0.25) is 0 Å². The monoisotopic (exact) mass is 387 g/mol. The molecule has 3 aromatic rings. The molecule has 146 valence electrons. The number of carbonyl (C=O) groups excluding carboxylic acids is 1. The minimum atomic E-state index is -0.716. The summed E-state index contributed by atoms with van der Waals surface area (Å²) in [4.78, 5) is 12.0. The van der Waals surface area contributed by atoms with Crippen LogP contribution in [-0.4, -0.2) is 33.4 Å². The summed E-state index contributed by atoms with van der Waals surface area (Å²) in [6, 6.07) is 11.7. The molecule has 1 heterocycles. The summed E-state index contributed by atoms with van der Waals surface area (Å²) < 4.78 is 34.4. The fourth-order valence-corrected chi connectivity index (χ4v) is 2.50. The van der Waals surface area contributed by atoms with Crippen LogP contribution >= 0.6 is 0 Å². The van der Waals surface area contributed by atoms with Gasteiger partial charge in [0, 0.05) is 18.3 Å². The summed E-state index contributed by atoms with van der Waals surface area (Å²) in [5, 5.41) is 16.0. The van der Waals surface area contributed by atoms with E-state index in [4.69, 9.17) is 4.74 Å². The van der Waals surface area contributed by atoms with Crippen molar-refractivity contribution >= 4 is 5.91 Å². The maximum Gasteiger partial charge on any atom is 0.251 e. The number of hydrogen-bond donors (Lipinski definition) is 2. The smallest absolute Gasteiger partial charge is 0.251 e. The Morgan fingerprint density at radius 1 is 1.21 bits per heavy atom. The molecule has 0 spiro atoms. The van der Waals surface area contributed by atoms with Gasteiger partial charge in [0.05, 0.1) is 6.10 Å².